The van der Waals surface area contributed by atoms with Crippen molar-refractivity contribution in [3.63, 3.8) is 0 Å². The van der Waals surface area contributed by atoms with Crippen molar-refractivity contribution in [2.75, 3.05) is 39.6 Å². The Labute approximate surface area is 549 Å². The van der Waals surface area contributed by atoms with Crippen LogP contribution in [0.15, 0.2) is 0 Å². The Morgan fingerprint density at radius 1 is 0.300 bits per heavy atom. The normalized spacial score (nSPS) is 14.1. The Morgan fingerprint density at radius 2 is 0.511 bits per heavy atom. The highest BCUT2D eigenvalue weighted by molar-refractivity contribution is 7.47. The molecule has 90 heavy (non-hydrogen) atoms. The van der Waals surface area contributed by atoms with Gasteiger partial charge in [0, 0.05) is 25.7 Å². The SMILES string of the molecule is CCCCCCCCCCCCCCCCCCCCCCC(=O)O[C@H](COC(=O)CCCCCCCCCCCCCCCC)COP(=O)(O)OC[C@@H](O)COP(=O)(O)OC[C@@H](COC(=O)CCCCCCC)OC(=O)CCCCCCCCCCC(C)C. The Balaban J connectivity index is 5.13. The number of aliphatic hydroxyl groups excluding tert-OH is 1. The van der Waals surface area contributed by atoms with E-state index in [0.717, 1.165) is 102 Å². The molecular formula is C71H138O17P2. The molecule has 0 bridgehead atoms. The molecule has 19 heteroatoms. The van der Waals surface area contributed by atoms with Crippen LogP contribution in [0.4, 0.5) is 0 Å². The van der Waals surface area contributed by atoms with E-state index in [2.05, 4.69) is 34.6 Å². The third kappa shape index (κ3) is 64.8. The van der Waals surface area contributed by atoms with Gasteiger partial charge in [-0.1, -0.05) is 317 Å². The smallest absolute Gasteiger partial charge is 0.462 e. The number of carbonyl (C=O) groups excluding carboxylic acids is 4. The van der Waals surface area contributed by atoms with Crippen LogP contribution in [0, 0.1) is 5.92 Å². The lowest BCUT2D eigenvalue weighted by Crippen LogP contribution is -2.30. The van der Waals surface area contributed by atoms with E-state index in [-0.39, 0.29) is 25.7 Å². The lowest BCUT2D eigenvalue weighted by molar-refractivity contribution is -0.161. The number of esters is 4. The van der Waals surface area contributed by atoms with Gasteiger partial charge in [0.1, 0.15) is 19.3 Å². The fourth-order valence-corrected chi connectivity index (χ4v) is 12.4. The van der Waals surface area contributed by atoms with Gasteiger partial charge in [0.15, 0.2) is 12.2 Å². The van der Waals surface area contributed by atoms with Crippen molar-refractivity contribution in [3.05, 3.63) is 0 Å². The fraction of sp³-hybridized carbons (Fsp3) is 0.944. The van der Waals surface area contributed by atoms with Gasteiger partial charge in [0.25, 0.3) is 0 Å². The molecule has 0 aromatic rings. The van der Waals surface area contributed by atoms with Gasteiger partial charge in [-0.25, -0.2) is 9.13 Å². The van der Waals surface area contributed by atoms with Crippen molar-refractivity contribution >= 4 is 39.5 Å². The molecule has 0 aliphatic carbocycles. The van der Waals surface area contributed by atoms with Crippen LogP contribution in [0.1, 0.15) is 369 Å². The number of unbranched alkanes of at least 4 members (excludes halogenated alkanes) is 43. The summed E-state index contributed by atoms with van der Waals surface area (Å²) in [6.07, 6.45) is 51.9. The maximum atomic E-state index is 13.0. The minimum Gasteiger partial charge on any atom is -0.462 e. The Bertz CT molecular complexity index is 1740. The molecule has 0 fully saturated rings. The average molecular weight is 1330 g/mol. The number of carbonyl (C=O) groups is 4. The number of hydrogen-bond donors (Lipinski definition) is 3. The molecule has 17 nitrogen and oxygen atoms in total. The maximum Gasteiger partial charge on any atom is 0.472 e. The number of rotatable bonds is 71. The maximum absolute atomic E-state index is 13.0. The van der Waals surface area contributed by atoms with Crippen LogP contribution < -0.4 is 0 Å². The van der Waals surface area contributed by atoms with E-state index in [9.17, 15) is 43.2 Å². The minimum atomic E-state index is -4.95. The minimum absolute atomic E-state index is 0.104. The van der Waals surface area contributed by atoms with Crippen molar-refractivity contribution in [1.82, 2.24) is 0 Å². The van der Waals surface area contributed by atoms with E-state index in [4.69, 9.17) is 37.0 Å². The molecule has 0 rings (SSSR count). The van der Waals surface area contributed by atoms with Crippen molar-refractivity contribution in [2.45, 2.75) is 387 Å². The highest BCUT2D eigenvalue weighted by Crippen LogP contribution is 2.45. The van der Waals surface area contributed by atoms with Gasteiger partial charge >= 0.3 is 39.5 Å². The summed E-state index contributed by atoms with van der Waals surface area (Å²) in [7, 11) is -9.89. The second-order valence-corrected chi connectivity index (χ2v) is 29.0. The molecule has 0 aromatic carbocycles. The van der Waals surface area contributed by atoms with Crippen LogP contribution >= 0.6 is 15.6 Å². The topological polar surface area (TPSA) is 237 Å². The molecule has 0 aliphatic rings. The van der Waals surface area contributed by atoms with Crippen molar-refractivity contribution < 1.29 is 80.2 Å². The van der Waals surface area contributed by atoms with Crippen LogP contribution in [0.3, 0.4) is 0 Å². The summed E-state index contributed by atoms with van der Waals surface area (Å²) in [5.74, 6) is -1.42. The van der Waals surface area contributed by atoms with Gasteiger partial charge in [-0.05, 0) is 31.6 Å². The van der Waals surface area contributed by atoms with Crippen LogP contribution in [0.2, 0.25) is 0 Å². The predicted molar refractivity (Wildman–Crippen MR) is 363 cm³/mol. The molecule has 5 atom stereocenters. The van der Waals surface area contributed by atoms with E-state index in [1.165, 1.54) is 186 Å². The summed E-state index contributed by atoms with van der Waals surface area (Å²) < 4.78 is 68.1. The summed E-state index contributed by atoms with van der Waals surface area (Å²) in [4.78, 5) is 72.3. The number of ether oxygens (including phenoxy) is 4. The van der Waals surface area contributed by atoms with Gasteiger partial charge < -0.3 is 33.8 Å². The van der Waals surface area contributed by atoms with Crippen molar-refractivity contribution in [2.24, 2.45) is 5.92 Å². The van der Waals surface area contributed by atoms with Crippen LogP contribution in [-0.4, -0.2) is 96.7 Å². The molecule has 0 aliphatic heterocycles. The molecule has 2 unspecified atom stereocenters. The van der Waals surface area contributed by atoms with Crippen LogP contribution in [-0.2, 0) is 65.4 Å². The van der Waals surface area contributed by atoms with Gasteiger partial charge in [0.2, 0.25) is 0 Å². The van der Waals surface area contributed by atoms with E-state index < -0.39 is 97.5 Å². The predicted octanol–water partition coefficient (Wildman–Crippen LogP) is 20.5. The van der Waals surface area contributed by atoms with Crippen molar-refractivity contribution in [1.29, 1.82) is 0 Å². The molecular weight excluding hydrogens is 1190 g/mol. The zero-order valence-electron chi connectivity index (χ0n) is 58.3. The molecule has 3 N–H and O–H groups in total. The Kier molecular flexibility index (Phi) is 63.0. The van der Waals surface area contributed by atoms with Crippen LogP contribution in [0.25, 0.3) is 0 Å². The van der Waals surface area contributed by atoms with E-state index in [1.54, 1.807) is 0 Å². The molecule has 0 amide bonds. The quantitative estimate of drug-likeness (QED) is 0.0222. The lowest BCUT2D eigenvalue weighted by Gasteiger charge is -2.21. The van der Waals surface area contributed by atoms with E-state index in [0.29, 0.717) is 25.7 Å². The summed E-state index contributed by atoms with van der Waals surface area (Å²) in [5.41, 5.74) is 0. The standard InChI is InChI=1S/C71H138O17P2/c1-6-9-12-15-17-19-21-23-25-26-27-28-29-30-32-34-36-41-46-51-56-70(75)88-67(61-82-69(74)55-50-45-40-35-33-31-24-22-20-18-16-13-10-7-2)63-86-90(79,80)84-59-65(72)58-83-89(77,78)85-62-66(60-81-68(73)54-49-43-14-11-8-3)87-71(76)57-52-47-42-38-37-39-44-48-53-64(4)5/h64-67,72H,6-63H2,1-5H3,(H,77,78)(H,79,80)/t65-,66+,67+/m0/s1. The van der Waals surface area contributed by atoms with Gasteiger partial charge in [-0.3, -0.25) is 37.3 Å². The monoisotopic (exact) mass is 1320 g/mol. The molecule has 0 saturated heterocycles. The third-order valence-corrected chi connectivity index (χ3v) is 18.4. The summed E-state index contributed by atoms with van der Waals surface area (Å²) in [6, 6.07) is 0. The molecule has 0 spiro atoms. The van der Waals surface area contributed by atoms with E-state index >= 15 is 0 Å². The highest BCUT2D eigenvalue weighted by Gasteiger charge is 2.30. The number of hydrogen-bond acceptors (Lipinski definition) is 15. The van der Waals surface area contributed by atoms with Crippen molar-refractivity contribution in [3.8, 4) is 0 Å². The summed E-state index contributed by atoms with van der Waals surface area (Å²) in [6.45, 7) is 7.12. The first-order chi connectivity index (χ1) is 43.5. The summed E-state index contributed by atoms with van der Waals surface area (Å²) in [5, 5.41) is 10.6. The molecule has 0 saturated carbocycles. The van der Waals surface area contributed by atoms with Gasteiger partial charge in [-0.2, -0.15) is 0 Å². The second-order valence-electron chi connectivity index (χ2n) is 26.1. The Morgan fingerprint density at radius 3 is 0.756 bits per heavy atom. The first-order valence-electron chi connectivity index (χ1n) is 37.1. The molecule has 0 heterocycles. The fourth-order valence-electron chi connectivity index (χ4n) is 10.8. The summed E-state index contributed by atoms with van der Waals surface area (Å²) >= 11 is 0. The lowest BCUT2D eigenvalue weighted by atomic mass is 10.0. The van der Waals surface area contributed by atoms with Crippen LogP contribution in [0.5, 0.6) is 0 Å². The second kappa shape index (κ2) is 64.4. The zero-order chi connectivity index (χ0) is 66.3. The molecule has 0 aromatic heterocycles. The highest BCUT2D eigenvalue weighted by atomic mass is 31.2. The number of aliphatic hydroxyl groups is 1. The first kappa shape index (κ1) is 88.1. The third-order valence-electron chi connectivity index (χ3n) is 16.5. The van der Waals surface area contributed by atoms with E-state index in [1.807, 2.05) is 0 Å². The average Bonchev–Trinajstić information content (AvgIpc) is 3.56. The molecule has 534 valence electrons. The van der Waals surface area contributed by atoms with Gasteiger partial charge in [-0.15, -0.1) is 0 Å². The number of phosphoric ester groups is 2. The van der Waals surface area contributed by atoms with Gasteiger partial charge in [0.05, 0.1) is 26.4 Å². The Hall–Kier alpha value is -1.94. The first-order valence-corrected chi connectivity index (χ1v) is 40.1. The number of phosphoric acid groups is 2. The largest absolute Gasteiger partial charge is 0.472 e. The zero-order valence-corrected chi connectivity index (χ0v) is 60.1. The molecule has 0 radical (unpaired) electrons.